The maximum Gasteiger partial charge on any atom is 0.118 e. The number of hydrogen-bond acceptors (Lipinski definition) is 4. The van der Waals surface area contributed by atoms with Crippen molar-refractivity contribution in [2.24, 2.45) is 0 Å². The smallest absolute Gasteiger partial charge is 0.118 e. The first kappa shape index (κ1) is 15.7. The van der Waals surface area contributed by atoms with Crippen molar-refractivity contribution in [3.8, 4) is 5.75 Å². The number of allylic oxidation sites excluding steroid dienone is 1. The Labute approximate surface area is 114 Å². The van der Waals surface area contributed by atoms with Gasteiger partial charge in [0, 0.05) is 12.6 Å². The number of aliphatic hydroxyl groups is 2. The maximum atomic E-state index is 9.74. The summed E-state index contributed by atoms with van der Waals surface area (Å²) in [4.78, 5) is 0. The highest BCUT2D eigenvalue weighted by Crippen LogP contribution is 2.12. The van der Waals surface area contributed by atoms with Crippen LogP contribution in [-0.4, -0.2) is 36.1 Å². The van der Waals surface area contributed by atoms with E-state index in [9.17, 15) is 5.11 Å². The Balaban J connectivity index is 2.51. The van der Waals surface area contributed by atoms with Gasteiger partial charge in [0.2, 0.25) is 0 Å². The number of aliphatic hydroxyl groups excluding tert-OH is 2. The van der Waals surface area contributed by atoms with Crippen molar-refractivity contribution in [3.05, 3.63) is 42.5 Å². The van der Waals surface area contributed by atoms with Gasteiger partial charge in [0.25, 0.3) is 0 Å². The Morgan fingerprint density at radius 3 is 2.58 bits per heavy atom. The predicted octanol–water partition coefficient (Wildman–Crippen LogP) is 1.47. The topological polar surface area (TPSA) is 61.7 Å². The van der Waals surface area contributed by atoms with Crippen LogP contribution in [0.4, 0.5) is 0 Å². The van der Waals surface area contributed by atoms with Gasteiger partial charge in [-0.15, -0.1) is 6.58 Å². The van der Waals surface area contributed by atoms with Crippen molar-refractivity contribution in [2.45, 2.75) is 31.5 Å². The zero-order chi connectivity index (χ0) is 14.1. The number of ether oxygens (including phenoxy) is 1. The first-order chi connectivity index (χ1) is 9.21. The van der Waals surface area contributed by atoms with Crippen molar-refractivity contribution < 1.29 is 14.9 Å². The Bertz CT molecular complexity index is 364. The van der Waals surface area contributed by atoms with Crippen LogP contribution in [0, 0.1) is 0 Å². The van der Waals surface area contributed by atoms with E-state index < -0.39 is 6.10 Å². The lowest BCUT2D eigenvalue weighted by atomic mass is 10.1. The second-order valence-electron chi connectivity index (χ2n) is 4.45. The summed E-state index contributed by atoms with van der Waals surface area (Å²) < 4.78 is 5.10. The van der Waals surface area contributed by atoms with E-state index >= 15 is 0 Å². The summed E-state index contributed by atoms with van der Waals surface area (Å²) >= 11 is 0. The van der Waals surface area contributed by atoms with Crippen molar-refractivity contribution in [1.82, 2.24) is 5.32 Å². The van der Waals surface area contributed by atoms with Crippen molar-refractivity contribution in [2.75, 3.05) is 13.7 Å². The molecule has 4 heteroatoms. The second kappa shape index (κ2) is 8.69. The minimum atomic E-state index is -0.752. The molecule has 1 aromatic rings. The van der Waals surface area contributed by atoms with Gasteiger partial charge < -0.3 is 20.3 Å². The summed E-state index contributed by atoms with van der Waals surface area (Å²) in [5.74, 6) is 0.822. The molecule has 19 heavy (non-hydrogen) atoms. The van der Waals surface area contributed by atoms with E-state index in [4.69, 9.17) is 9.84 Å². The molecule has 0 aliphatic carbocycles. The average Bonchev–Trinajstić information content (AvgIpc) is 2.47. The van der Waals surface area contributed by atoms with Gasteiger partial charge in [0.1, 0.15) is 5.75 Å². The molecular formula is C15H23NO3. The van der Waals surface area contributed by atoms with Gasteiger partial charge >= 0.3 is 0 Å². The number of rotatable bonds is 9. The quantitative estimate of drug-likeness (QED) is 0.592. The normalized spacial score (nSPS) is 13.8. The molecule has 0 heterocycles. The fourth-order valence-electron chi connectivity index (χ4n) is 1.85. The van der Waals surface area contributed by atoms with Crippen LogP contribution in [0.25, 0.3) is 0 Å². The van der Waals surface area contributed by atoms with Crippen LogP contribution in [0.15, 0.2) is 36.9 Å². The number of nitrogens with one attached hydrogen (secondary N) is 1. The minimum absolute atomic E-state index is 0.134. The second-order valence-corrected chi connectivity index (χ2v) is 4.45. The summed E-state index contributed by atoms with van der Waals surface area (Å²) in [6, 6.07) is 7.62. The maximum absolute atomic E-state index is 9.74. The van der Waals surface area contributed by atoms with Crippen molar-refractivity contribution >= 4 is 0 Å². The molecule has 0 spiro atoms. The van der Waals surface area contributed by atoms with Crippen LogP contribution >= 0.6 is 0 Å². The minimum Gasteiger partial charge on any atom is -0.497 e. The molecule has 0 aromatic heterocycles. The van der Waals surface area contributed by atoms with Crippen molar-refractivity contribution in [1.29, 1.82) is 0 Å². The summed E-state index contributed by atoms with van der Waals surface area (Å²) in [7, 11) is 1.64. The molecule has 106 valence electrons. The lowest BCUT2D eigenvalue weighted by Crippen LogP contribution is -2.41. The highest BCUT2D eigenvalue weighted by atomic mass is 16.5. The third-order valence-corrected chi connectivity index (χ3v) is 3.06. The molecule has 1 rings (SSSR count). The Morgan fingerprint density at radius 2 is 2.05 bits per heavy atom. The molecule has 0 amide bonds. The van der Waals surface area contributed by atoms with Gasteiger partial charge in [-0.05, 0) is 30.5 Å². The van der Waals surface area contributed by atoms with Crippen LogP contribution in [0.5, 0.6) is 5.75 Å². The standard InChI is InChI=1S/C15H23NO3/c1-3-4-5-14(15(18)11-17)16-10-12-6-8-13(19-2)9-7-12/h3,6-9,14-18H,1,4-5,10-11H2,2H3/t14-,15+/m0/s1. The van der Waals surface area contributed by atoms with Gasteiger partial charge in [-0.3, -0.25) is 0 Å². The van der Waals surface area contributed by atoms with Crippen LogP contribution in [0.2, 0.25) is 0 Å². The monoisotopic (exact) mass is 265 g/mol. The van der Waals surface area contributed by atoms with E-state index in [0.717, 1.165) is 24.2 Å². The van der Waals surface area contributed by atoms with E-state index in [0.29, 0.717) is 6.54 Å². The van der Waals surface area contributed by atoms with E-state index in [1.807, 2.05) is 30.3 Å². The molecule has 1 aromatic carbocycles. The molecular weight excluding hydrogens is 242 g/mol. The lowest BCUT2D eigenvalue weighted by Gasteiger charge is -2.22. The van der Waals surface area contributed by atoms with E-state index in [2.05, 4.69) is 11.9 Å². The van der Waals surface area contributed by atoms with E-state index in [1.54, 1.807) is 7.11 Å². The SMILES string of the molecule is C=CCC[C@H](NCc1ccc(OC)cc1)[C@H](O)CO. The first-order valence-electron chi connectivity index (χ1n) is 6.47. The molecule has 0 aliphatic rings. The highest BCUT2D eigenvalue weighted by molar-refractivity contribution is 5.27. The Hall–Kier alpha value is -1.36. The van der Waals surface area contributed by atoms with Crippen LogP contribution in [-0.2, 0) is 6.54 Å². The molecule has 0 fully saturated rings. The third-order valence-electron chi connectivity index (χ3n) is 3.06. The summed E-state index contributed by atoms with van der Waals surface area (Å²) in [6.45, 7) is 4.07. The van der Waals surface area contributed by atoms with Gasteiger partial charge in [-0.2, -0.15) is 0 Å². The first-order valence-corrected chi connectivity index (χ1v) is 6.47. The molecule has 0 saturated carbocycles. The number of hydrogen-bond donors (Lipinski definition) is 3. The Kier molecular flexibility index (Phi) is 7.18. The van der Waals surface area contributed by atoms with Gasteiger partial charge in [0.05, 0.1) is 19.8 Å². The summed E-state index contributed by atoms with van der Waals surface area (Å²) in [6.07, 6.45) is 2.61. The molecule has 2 atom stereocenters. The fourth-order valence-corrected chi connectivity index (χ4v) is 1.85. The van der Waals surface area contributed by atoms with Crippen LogP contribution < -0.4 is 10.1 Å². The summed E-state index contributed by atoms with van der Waals surface area (Å²) in [5.41, 5.74) is 1.11. The summed E-state index contributed by atoms with van der Waals surface area (Å²) in [5, 5.41) is 22.0. The predicted molar refractivity (Wildman–Crippen MR) is 76.1 cm³/mol. The molecule has 0 bridgehead atoms. The zero-order valence-corrected chi connectivity index (χ0v) is 11.4. The molecule has 4 nitrogen and oxygen atoms in total. The largest absolute Gasteiger partial charge is 0.497 e. The fraction of sp³-hybridized carbons (Fsp3) is 0.467. The average molecular weight is 265 g/mol. The Morgan fingerprint density at radius 1 is 1.37 bits per heavy atom. The third kappa shape index (κ3) is 5.42. The van der Waals surface area contributed by atoms with Gasteiger partial charge in [0.15, 0.2) is 0 Å². The highest BCUT2D eigenvalue weighted by Gasteiger charge is 2.16. The van der Waals surface area contributed by atoms with Gasteiger partial charge in [-0.1, -0.05) is 18.2 Å². The van der Waals surface area contributed by atoms with Gasteiger partial charge in [-0.25, -0.2) is 0 Å². The van der Waals surface area contributed by atoms with Crippen LogP contribution in [0.1, 0.15) is 18.4 Å². The number of methoxy groups -OCH3 is 1. The molecule has 0 aliphatic heterocycles. The number of benzene rings is 1. The van der Waals surface area contributed by atoms with E-state index in [-0.39, 0.29) is 12.6 Å². The molecule has 0 saturated heterocycles. The molecule has 3 N–H and O–H groups in total. The van der Waals surface area contributed by atoms with E-state index in [1.165, 1.54) is 0 Å². The zero-order valence-electron chi connectivity index (χ0n) is 11.4. The van der Waals surface area contributed by atoms with Crippen molar-refractivity contribution in [3.63, 3.8) is 0 Å². The lowest BCUT2D eigenvalue weighted by molar-refractivity contribution is 0.0597. The van der Waals surface area contributed by atoms with Crippen LogP contribution in [0.3, 0.4) is 0 Å². The molecule has 0 radical (unpaired) electrons. The molecule has 0 unspecified atom stereocenters.